The topological polar surface area (TPSA) is 102 Å². The molecule has 21 heavy (non-hydrogen) atoms. The molecule has 0 aliphatic carbocycles. The number of halogens is 1. The second-order valence-electron chi connectivity index (χ2n) is 4.06. The van der Waals surface area contributed by atoms with Crippen LogP contribution in [0.5, 0.6) is 5.88 Å². The molecule has 0 unspecified atom stereocenters. The van der Waals surface area contributed by atoms with Crippen molar-refractivity contribution in [2.75, 3.05) is 12.5 Å². The first-order chi connectivity index (χ1) is 10.1. The zero-order valence-electron chi connectivity index (χ0n) is 11.3. The van der Waals surface area contributed by atoms with Crippen molar-refractivity contribution in [2.24, 2.45) is 5.84 Å². The summed E-state index contributed by atoms with van der Waals surface area (Å²) < 4.78 is 4.96. The van der Waals surface area contributed by atoms with Gasteiger partial charge in [0.15, 0.2) is 0 Å². The number of hydrogen-bond acceptors (Lipinski definition) is 6. The van der Waals surface area contributed by atoms with E-state index in [9.17, 15) is 4.79 Å². The first-order valence-electron chi connectivity index (χ1n) is 6.04. The maximum Gasteiger partial charge on any atom is 0.271 e. The van der Waals surface area contributed by atoms with Gasteiger partial charge in [0.2, 0.25) is 5.88 Å². The van der Waals surface area contributed by atoms with Gasteiger partial charge in [0.05, 0.1) is 12.1 Å². The number of nitrogens with zero attached hydrogens (tertiary/aromatic N) is 2. The van der Waals surface area contributed by atoms with Crippen LogP contribution in [0.15, 0.2) is 30.5 Å². The summed E-state index contributed by atoms with van der Waals surface area (Å²) in [4.78, 5) is 20.1. The van der Waals surface area contributed by atoms with Crippen molar-refractivity contribution in [1.82, 2.24) is 15.3 Å². The van der Waals surface area contributed by atoms with E-state index in [1.807, 2.05) is 0 Å². The molecule has 0 aliphatic rings. The number of hydrazine groups is 1. The van der Waals surface area contributed by atoms with E-state index >= 15 is 0 Å². The third kappa shape index (κ3) is 3.80. The Balaban J connectivity index is 2.04. The lowest BCUT2D eigenvalue weighted by atomic mass is 10.2. The maximum absolute atomic E-state index is 12.1. The van der Waals surface area contributed by atoms with Gasteiger partial charge in [0.1, 0.15) is 11.5 Å². The van der Waals surface area contributed by atoms with Gasteiger partial charge in [0, 0.05) is 18.8 Å². The number of pyridine rings is 2. The molecule has 2 aromatic heterocycles. The van der Waals surface area contributed by atoms with E-state index < -0.39 is 5.91 Å². The van der Waals surface area contributed by atoms with Gasteiger partial charge in [-0.1, -0.05) is 17.7 Å². The molecular formula is C13H14ClN5O2. The summed E-state index contributed by atoms with van der Waals surface area (Å²) >= 11 is 5.95. The molecular weight excluding hydrogens is 294 g/mol. The highest BCUT2D eigenvalue weighted by Crippen LogP contribution is 2.16. The van der Waals surface area contributed by atoms with Crippen molar-refractivity contribution in [3.05, 3.63) is 46.7 Å². The van der Waals surface area contributed by atoms with Crippen LogP contribution >= 0.6 is 11.6 Å². The Hall–Kier alpha value is -2.38. The molecule has 8 heteroatoms. The first-order valence-corrected chi connectivity index (χ1v) is 6.42. The van der Waals surface area contributed by atoms with E-state index in [1.165, 1.54) is 7.11 Å². The van der Waals surface area contributed by atoms with E-state index in [4.69, 9.17) is 22.2 Å². The molecule has 0 bridgehead atoms. The molecule has 4 N–H and O–H groups in total. The molecule has 0 aromatic carbocycles. The molecule has 0 saturated carbocycles. The van der Waals surface area contributed by atoms with Crippen molar-refractivity contribution in [3.8, 4) is 5.88 Å². The molecule has 2 rings (SSSR count). The van der Waals surface area contributed by atoms with Crippen LogP contribution in [0.3, 0.4) is 0 Å². The Labute approximate surface area is 126 Å². The van der Waals surface area contributed by atoms with E-state index in [-0.39, 0.29) is 10.7 Å². The zero-order chi connectivity index (χ0) is 15.2. The zero-order valence-corrected chi connectivity index (χ0v) is 12.0. The quantitative estimate of drug-likeness (QED) is 0.569. The van der Waals surface area contributed by atoms with E-state index in [0.717, 1.165) is 5.56 Å². The molecule has 0 saturated heterocycles. The predicted molar refractivity (Wildman–Crippen MR) is 79.0 cm³/mol. The average molecular weight is 308 g/mol. The number of rotatable bonds is 5. The van der Waals surface area contributed by atoms with Crippen molar-refractivity contribution in [1.29, 1.82) is 0 Å². The maximum atomic E-state index is 12.1. The number of aromatic nitrogens is 2. The van der Waals surface area contributed by atoms with Crippen LogP contribution in [-0.4, -0.2) is 23.0 Å². The van der Waals surface area contributed by atoms with Crippen molar-refractivity contribution in [3.63, 3.8) is 0 Å². The average Bonchev–Trinajstić information content (AvgIpc) is 2.53. The molecule has 0 atom stereocenters. The number of nitrogens with one attached hydrogen (secondary N) is 2. The van der Waals surface area contributed by atoms with Gasteiger partial charge in [-0.2, -0.15) is 0 Å². The molecule has 7 nitrogen and oxygen atoms in total. The number of anilines is 1. The number of nitrogens with two attached hydrogens (primary N) is 1. The number of methoxy groups -OCH3 is 1. The van der Waals surface area contributed by atoms with Gasteiger partial charge in [-0.05, 0) is 17.7 Å². The van der Waals surface area contributed by atoms with Crippen LogP contribution in [-0.2, 0) is 6.54 Å². The van der Waals surface area contributed by atoms with Gasteiger partial charge in [0.25, 0.3) is 5.91 Å². The summed E-state index contributed by atoms with van der Waals surface area (Å²) in [5.41, 5.74) is 3.29. The van der Waals surface area contributed by atoms with Crippen LogP contribution in [0.4, 0.5) is 5.82 Å². The van der Waals surface area contributed by atoms with Crippen molar-refractivity contribution in [2.45, 2.75) is 6.54 Å². The molecule has 0 radical (unpaired) electrons. The SMILES string of the molecule is COc1ccc(CNC(=O)c2nc(NN)ccc2Cl)cn1. The highest BCUT2D eigenvalue weighted by molar-refractivity contribution is 6.33. The van der Waals surface area contributed by atoms with Crippen LogP contribution < -0.4 is 21.3 Å². The number of hydrogen-bond donors (Lipinski definition) is 3. The van der Waals surface area contributed by atoms with Gasteiger partial charge in [-0.25, -0.2) is 15.8 Å². The molecule has 2 aromatic rings. The number of ether oxygens (including phenoxy) is 1. The van der Waals surface area contributed by atoms with Gasteiger partial charge >= 0.3 is 0 Å². The van der Waals surface area contributed by atoms with Crippen LogP contribution in [0.2, 0.25) is 5.02 Å². The summed E-state index contributed by atoms with van der Waals surface area (Å²) in [6.07, 6.45) is 1.62. The predicted octanol–water partition coefficient (Wildman–Crippen LogP) is 1.35. The van der Waals surface area contributed by atoms with Gasteiger partial charge < -0.3 is 15.5 Å². The molecule has 0 fully saturated rings. The Morgan fingerprint density at radius 3 is 2.81 bits per heavy atom. The Morgan fingerprint density at radius 2 is 2.19 bits per heavy atom. The number of amides is 1. The Morgan fingerprint density at radius 1 is 1.38 bits per heavy atom. The van der Waals surface area contributed by atoms with Crippen LogP contribution in [0, 0.1) is 0 Å². The minimum Gasteiger partial charge on any atom is -0.481 e. The second kappa shape index (κ2) is 6.87. The van der Waals surface area contributed by atoms with Gasteiger partial charge in [-0.15, -0.1) is 0 Å². The smallest absolute Gasteiger partial charge is 0.271 e. The van der Waals surface area contributed by atoms with Gasteiger partial charge in [-0.3, -0.25) is 4.79 Å². The highest BCUT2D eigenvalue weighted by Gasteiger charge is 2.13. The van der Waals surface area contributed by atoms with E-state index in [1.54, 1.807) is 30.5 Å². The van der Waals surface area contributed by atoms with Crippen LogP contribution in [0.1, 0.15) is 16.1 Å². The lowest BCUT2D eigenvalue weighted by Gasteiger charge is -2.08. The first kappa shape index (κ1) is 15.0. The molecule has 0 spiro atoms. The second-order valence-corrected chi connectivity index (χ2v) is 4.47. The molecule has 110 valence electrons. The number of nitrogen functional groups attached to an aromatic ring is 1. The summed E-state index contributed by atoms with van der Waals surface area (Å²) in [7, 11) is 1.54. The third-order valence-corrected chi connectivity index (χ3v) is 2.97. The fourth-order valence-corrected chi connectivity index (χ4v) is 1.78. The molecule has 0 aliphatic heterocycles. The van der Waals surface area contributed by atoms with E-state index in [0.29, 0.717) is 18.2 Å². The summed E-state index contributed by atoms with van der Waals surface area (Å²) in [6.45, 7) is 0.300. The molecule has 1 amide bonds. The molecule has 2 heterocycles. The third-order valence-electron chi connectivity index (χ3n) is 2.67. The fourth-order valence-electron chi connectivity index (χ4n) is 1.58. The van der Waals surface area contributed by atoms with Crippen molar-refractivity contribution < 1.29 is 9.53 Å². The standard InChI is InChI=1S/C13H14ClN5O2/c1-21-11-5-2-8(6-16-11)7-17-13(20)12-9(14)3-4-10(18-12)19-15/h2-6H,7,15H2,1H3,(H,17,20)(H,18,19). The lowest BCUT2D eigenvalue weighted by molar-refractivity contribution is 0.0946. The number of carbonyl (C=O) groups is 1. The minimum atomic E-state index is -0.395. The summed E-state index contributed by atoms with van der Waals surface area (Å²) in [5, 5.41) is 2.96. The Kier molecular flexibility index (Phi) is 4.91. The summed E-state index contributed by atoms with van der Waals surface area (Å²) in [5.74, 6) is 5.73. The van der Waals surface area contributed by atoms with E-state index in [2.05, 4.69) is 20.7 Å². The Bertz CT molecular complexity index is 633. The van der Waals surface area contributed by atoms with Crippen molar-refractivity contribution >= 4 is 23.3 Å². The monoisotopic (exact) mass is 307 g/mol. The fraction of sp³-hybridized carbons (Fsp3) is 0.154. The van der Waals surface area contributed by atoms with Crippen LogP contribution in [0.25, 0.3) is 0 Å². The lowest BCUT2D eigenvalue weighted by Crippen LogP contribution is -2.25. The minimum absolute atomic E-state index is 0.105. The largest absolute Gasteiger partial charge is 0.481 e. The summed E-state index contributed by atoms with van der Waals surface area (Å²) in [6, 6.07) is 6.64. The normalized spacial score (nSPS) is 10.0. The number of carbonyl (C=O) groups excluding carboxylic acids is 1. The highest BCUT2D eigenvalue weighted by atomic mass is 35.5.